The van der Waals surface area contributed by atoms with Crippen LogP contribution in [0.5, 0.6) is 0 Å². The van der Waals surface area contributed by atoms with Crippen LogP contribution in [0.15, 0.2) is 12.4 Å². The highest BCUT2D eigenvalue weighted by Gasteiger charge is 1.96. The van der Waals surface area contributed by atoms with Gasteiger partial charge in [-0.3, -0.25) is 0 Å². The molecule has 0 unspecified atom stereocenters. The number of carboxylic acids is 1. The Labute approximate surface area is 41.3 Å². The molecule has 0 aliphatic carbocycles. The third kappa shape index (κ3) is 5.14. The summed E-state index contributed by atoms with van der Waals surface area (Å²) < 4.78 is 11.0. The van der Waals surface area contributed by atoms with Crippen LogP contribution in [0.3, 0.4) is 0 Å². The van der Waals surface area contributed by atoms with Gasteiger partial charge in [0.15, 0.2) is 0 Å². The van der Waals surface area contributed by atoms with E-state index in [1.165, 1.54) is 0 Å². The zero-order valence-electron chi connectivity index (χ0n) is 2.94. The summed E-state index contributed by atoms with van der Waals surface area (Å²) in [5.41, 5.74) is 0. The topological polar surface area (TPSA) is 37.3 Å². The molecule has 2 nitrogen and oxygen atoms in total. The molecule has 0 heterocycles. The molecule has 0 fully saturated rings. The summed E-state index contributed by atoms with van der Waals surface area (Å²) in [6, 6.07) is 0. The zero-order chi connectivity index (χ0) is 5.15. The van der Waals surface area contributed by atoms with Gasteiger partial charge in [-0.2, -0.15) is 4.39 Å². The summed E-state index contributed by atoms with van der Waals surface area (Å²) in [6.07, 6.45) is 0. The highest BCUT2D eigenvalue weighted by Crippen LogP contribution is 1.86. The summed E-state index contributed by atoms with van der Waals surface area (Å²) in [4.78, 5) is 9.22. The molecule has 0 aromatic heterocycles. The Morgan fingerprint density at radius 1 is 1.71 bits per heavy atom. The Kier molecular flexibility index (Phi) is 4.51. The number of carbonyl (C=O) groups is 1. The maximum Gasteiger partial charge on any atom is 0.364 e. The third-order valence-electron chi connectivity index (χ3n) is 0.232. The Morgan fingerprint density at radius 2 is 1.86 bits per heavy atom. The molecule has 42 valence electrons. The van der Waals surface area contributed by atoms with Gasteiger partial charge in [-0.1, -0.05) is 14.0 Å². The second kappa shape index (κ2) is 3.33. The fourth-order valence-corrected chi connectivity index (χ4v) is 0. The van der Waals surface area contributed by atoms with Crippen molar-refractivity contribution in [2.45, 2.75) is 7.43 Å². The van der Waals surface area contributed by atoms with Gasteiger partial charge in [0.05, 0.1) is 0 Å². The molecule has 0 rings (SSSR count). The van der Waals surface area contributed by atoms with E-state index in [-0.39, 0.29) is 7.43 Å². The molecular weight excluding hydrogens is 99.0 g/mol. The smallest absolute Gasteiger partial charge is 0.364 e. The first-order valence-corrected chi connectivity index (χ1v) is 1.22. The van der Waals surface area contributed by atoms with E-state index in [1.54, 1.807) is 0 Å². The predicted molar refractivity (Wildman–Crippen MR) is 24.6 cm³/mol. The Hall–Kier alpha value is -0.860. The Balaban J connectivity index is 0. The van der Waals surface area contributed by atoms with E-state index < -0.39 is 11.8 Å². The molecule has 0 aromatic carbocycles. The molecule has 0 aromatic rings. The van der Waals surface area contributed by atoms with Gasteiger partial charge in [0.2, 0.25) is 5.83 Å². The van der Waals surface area contributed by atoms with Crippen LogP contribution in [0.1, 0.15) is 7.43 Å². The highest BCUT2D eigenvalue weighted by molar-refractivity contribution is 5.82. The summed E-state index contributed by atoms with van der Waals surface area (Å²) in [6.45, 7) is 2.49. The molecule has 0 bridgehead atoms. The van der Waals surface area contributed by atoms with Crippen molar-refractivity contribution >= 4 is 5.97 Å². The van der Waals surface area contributed by atoms with Crippen molar-refractivity contribution in [3.63, 3.8) is 0 Å². The summed E-state index contributed by atoms with van der Waals surface area (Å²) in [5, 5.41) is 7.52. The van der Waals surface area contributed by atoms with Gasteiger partial charge >= 0.3 is 5.97 Å². The lowest BCUT2D eigenvalue weighted by molar-refractivity contribution is -0.134. The van der Waals surface area contributed by atoms with Gasteiger partial charge < -0.3 is 5.11 Å². The molecule has 1 N–H and O–H groups in total. The quantitative estimate of drug-likeness (QED) is 0.510. The lowest BCUT2D eigenvalue weighted by Crippen LogP contribution is -1.90. The Bertz CT molecular complexity index is 75.7. The predicted octanol–water partition coefficient (Wildman–Crippen LogP) is 1.19. The maximum absolute atomic E-state index is 11.0. The second-order valence-corrected chi connectivity index (χ2v) is 0.710. The first-order valence-electron chi connectivity index (χ1n) is 1.22. The van der Waals surface area contributed by atoms with Crippen molar-refractivity contribution in [2.24, 2.45) is 0 Å². The first-order chi connectivity index (χ1) is 2.64. The average molecular weight is 106 g/mol. The summed E-state index contributed by atoms with van der Waals surface area (Å²) in [5.74, 6) is -2.93. The molecule has 0 aliphatic heterocycles. The minimum absolute atomic E-state index is 0. The fraction of sp³-hybridized carbons (Fsp3) is 0.250. The van der Waals surface area contributed by atoms with Crippen molar-refractivity contribution < 1.29 is 14.3 Å². The lowest BCUT2D eigenvalue weighted by Gasteiger charge is -1.75. The third-order valence-corrected chi connectivity index (χ3v) is 0.232. The van der Waals surface area contributed by atoms with E-state index in [2.05, 4.69) is 6.58 Å². The van der Waals surface area contributed by atoms with Gasteiger partial charge in [-0.05, 0) is 0 Å². The molecular formula is C4H7FO2. The van der Waals surface area contributed by atoms with Gasteiger partial charge in [0.1, 0.15) is 0 Å². The van der Waals surface area contributed by atoms with Crippen molar-refractivity contribution in [3.8, 4) is 0 Å². The van der Waals surface area contributed by atoms with Crippen LogP contribution >= 0.6 is 0 Å². The average Bonchev–Trinajstić information content (AvgIpc) is 1.36. The largest absolute Gasteiger partial charge is 0.476 e. The number of hydrogen-bond acceptors (Lipinski definition) is 1. The molecule has 7 heavy (non-hydrogen) atoms. The van der Waals surface area contributed by atoms with Gasteiger partial charge in [-0.15, -0.1) is 0 Å². The normalized spacial score (nSPS) is 6.43. The highest BCUT2D eigenvalue weighted by atomic mass is 19.1. The molecule has 0 amide bonds. The lowest BCUT2D eigenvalue weighted by atomic mass is 10.6. The SMILES string of the molecule is C.C=C(F)C(=O)O. The molecule has 0 spiro atoms. The van der Waals surface area contributed by atoms with Gasteiger partial charge in [0.25, 0.3) is 0 Å². The maximum atomic E-state index is 11.0. The molecule has 0 saturated carbocycles. The second-order valence-electron chi connectivity index (χ2n) is 0.710. The van der Waals surface area contributed by atoms with E-state index in [1.807, 2.05) is 0 Å². The standard InChI is InChI=1S/C3H3FO2.CH4/c1-2(4)3(5)6;/h1H2,(H,5,6);1H4. The minimum Gasteiger partial charge on any atom is -0.476 e. The van der Waals surface area contributed by atoms with Crippen molar-refractivity contribution in [1.29, 1.82) is 0 Å². The van der Waals surface area contributed by atoms with Crippen LogP contribution < -0.4 is 0 Å². The molecule has 0 atom stereocenters. The van der Waals surface area contributed by atoms with Crippen LogP contribution in [0, 0.1) is 0 Å². The summed E-state index contributed by atoms with van der Waals surface area (Å²) in [7, 11) is 0. The van der Waals surface area contributed by atoms with E-state index in [0.29, 0.717) is 0 Å². The van der Waals surface area contributed by atoms with Crippen LogP contribution in [-0.4, -0.2) is 11.1 Å². The van der Waals surface area contributed by atoms with Gasteiger partial charge in [0, 0.05) is 0 Å². The molecule has 0 radical (unpaired) electrons. The minimum atomic E-state index is -1.60. The van der Waals surface area contributed by atoms with Crippen molar-refractivity contribution in [1.82, 2.24) is 0 Å². The van der Waals surface area contributed by atoms with E-state index in [0.717, 1.165) is 0 Å². The van der Waals surface area contributed by atoms with Crippen LogP contribution in [0.2, 0.25) is 0 Å². The molecule has 0 aliphatic rings. The summed E-state index contributed by atoms with van der Waals surface area (Å²) >= 11 is 0. The van der Waals surface area contributed by atoms with Crippen molar-refractivity contribution in [3.05, 3.63) is 12.4 Å². The number of halogens is 1. The van der Waals surface area contributed by atoms with Crippen molar-refractivity contribution in [2.75, 3.05) is 0 Å². The first kappa shape index (κ1) is 9.46. The molecule has 0 saturated heterocycles. The monoisotopic (exact) mass is 106 g/mol. The molecule has 3 heteroatoms. The fourth-order valence-electron chi connectivity index (χ4n) is 0. The van der Waals surface area contributed by atoms with E-state index >= 15 is 0 Å². The van der Waals surface area contributed by atoms with E-state index in [4.69, 9.17) is 5.11 Å². The van der Waals surface area contributed by atoms with Crippen LogP contribution in [0.4, 0.5) is 4.39 Å². The number of hydrogen-bond donors (Lipinski definition) is 1. The van der Waals surface area contributed by atoms with Gasteiger partial charge in [-0.25, -0.2) is 4.79 Å². The van der Waals surface area contributed by atoms with Crippen LogP contribution in [0.25, 0.3) is 0 Å². The zero-order valence-corrected chi connectivity index (χ0v) is 2.94. The number of carboxylic acid groups (broad SMARTS) is 1. The Morgan fingerprint density at radius 3 is 1.86 bits per heavy atom. The number of rotatable bonds is 1. The number of aliphatic carboxylic acids is 1. The van der Waals surface area contributed by atoms with Crippen LogP contribution in [-0.2, 0) is 4.79 Å². The van der Waals surface area contributed by atoms with E-state index in [9.17, 15) is 9.18 Å².